The molecule has 0 saturated carbocycles. The monoisotopic (exact) mass is 267 g/mol. The van der Waals surface area contributed by atoms with Crippen LogP contribution in [0.5, 0.6) is 0 Å². The number of benzene rings is 1. The summed E-state index contributed by atoms with van der Waals surface area (Å²) in [7, 11) is -2.86. The van der Waals surface area contributed by atoms with Gasteiger partial charge in [-0.3, -0.25) is 0 Å². The van der Waals surface area contributed by atoms with Crippen LogP contribution >= 0.6 is 0 Å². The maximum atomic E-state index is 11.5. The predicted molar refractivity (Wildman–Crippen MR) is 68.6 cm³/mol. The Morgan fingerprint density at radius 2 is 2.06 bits per heavy atom. The first-order chi connectivity index (χ1) is 8.55. The SMILES string of the molecule is NC(c1ccc2c(c1)COC2)C1CCS(=O)(=O)C1. The first-order valence-corrected chi connectivity index (χ1v) is 8.03. The van der Waals surface area contributed by atoms with E-state index in [0.29, 0.717) is 19.6 Å². The lowest BCUT2D eigenvalue weighted by molar-refractivity contribution is 0.134. The molecular weight excluding hydrogens is 250 g/mol. The minimum atomic E-state index is -2.86. The van der Waals surface area contributed by atoms with Gasteiger partial charge in [-0.1, -0.05) is 18.2 Å². The van der Waals surface area contributed by atoms with Crippen LogP contribution in [-0.4, -0.2) is 19.9 Å². The van der Waals surface area contributed by atoms with Crippen LogP contribution in [0.25, 0.3) is 0 Å². The number of hydrogen-bond acceptors (Lipinski definition) is 4. The molecule has 0 aliphatic carbocycles. The van der Waals surface area contributed by atoms with Crippen LogP contribution in [-0.2, 0) is 27.8 Å². The lowest BCUT2D eigenvalue weighted by Gasteiger charge is -2.18. The van der Waals surface area contributed by atoms with E-state index < -0.39 is 9.84 Å². The number of rotatable bonds is 2. The third-order valence-corrected chi connectivity index (χ3v) is 5.70. The maximum absolute atomic E-state index is 11.5. The van der Waals surface area contributed by atoms with E-state index in [9.17, 15) is 8.42 Å². The summed E-state index contributed by atoms with van der Waals surface area (Å²) < 4.78 is 28.3. The average Bonchev–Trinajstić information content (AvgIpc) is 2.93. The van der Waals surface area contributed by atoms with Crippen LogP contribution in [0, 0.1) is 5.92 Å². The predicted octanol–water partition coefficient (Wildman–Crippen LogP) is 1.15. The summed E-state index contributed by atoms with van der Waals surface area (Å²) in [5.74, 6) is 0.552. The van der Waals surface area contributed by atoms with Gasteiger partial charge in [0.2, 0.25) is 0 Å². The van der Waals surface area contributed by atoms with Gasteiger partial charge in [0.05, 0.1) is 24.7 Å². The highest BCUT2D eigenvalue weighted by molar-refractivity contribution is 7.91. The van der Waals surface area contributed by atoms with Gasteiger partial charge in [-0.25, -0.2) is 8.42 Å². The van der Waals surface area contributed by atoms with Gasteiger partial charge in [0.15, 0.2) is 9.84 Å². The van der Waals surface area contributed by atoms with Crippen LogP contribution < -0.4 is 5.73 Å². The van der Waals surface area contributed by atoms with E-state index in [0.717, 1.165) is 5.56 Å². The Morgan fingerprint density at radius 3 is 2.78 bits per heavy atom. The number of sulfone groups is 1. The molecule has 3 rings (SSSR count). The topological polar surface area (TPSA) is 69.4 Å². The molecule has 0 bridgehead atoms. The molecule has 1 fully saturated rings. The smallest absolute Gasteiger partial charge is 0.150 e. The van der Waals surface area contributed by atoms with Crippen molar-refractivity contribution in [3.63, 3.8) is 0 Å². The third-order valence-electron chi connectivity index (χ3n) is 3.91. The summed E-state index contributed by atoms with van der Waals surface area (Å²) in [4.78, 5) is 0. The van der Waals surface area contributed by atoms with Crippen LogP contribution in [0.15, 0.2) is 18.2 Å². The van der Waals surface area contributed by atoms with Crippen LogP contribution in [0.1, 0.15) is 29.2 Å². The van der Waals surface area contributed by atoms with Crippen molar-refractivity contribution in [1.29, 1.82) is 0 Å². The van der Waals surface area contributed by atoms with Gasteiger partial charge < -0.3 is 10.5 Å². The van der Waals surface area contributed by atoms with Gasteiger partial charge in [-0.15, -0.1) is 0 Å². The molecule has 2 atom stereocenters. The summed E-state index contributed by atoms with van der Waals surface area (Å²) in [5.41, 5.74) is 9.64. The van der Waals surface area contributed by atoms with Crippen molar-refractivity contribution >= 4 is 9.84 Å². The molecule has 0 spiro atoms. The Hall–Kier alpha value is -0.910. The van der Waals surface area contributed by atoms with Crippen LogP contribution in [0.2, 0.25) is 0 Å². The van der Waals surface area contributed by atoms with E-state index in [1.165, 1.54) is 11.1 Å². The first kappa shape index (κ1) is 12.1. The zero-order valence-corrected chi connectivity index (χ0v) is 10.9. The largest absolute Gasteiger partial charge is 0.372 e. The first-order valence-electron chi connectivity index (χ1n) is 6.21. The summed E-state index contributed by atoms with van der Waals surface area (Å²) in [6, 6.07) is 5.93. The van der Waals surface area contributed by atoms with Gasteiger partial charge in [0, 0.05) is 6.04 Å². The molecule has 2 N–H and O–H groups in total. The average molecular weight is 267 g/mol. The number of nitrogens with two attached hydrogens (primary N) is 1. The Labute approximate surface area is 107 Å². The Morgan fingerprint density at radius 1 is 1.28 bits per heavy atom. The molecule has 4 nitrogen and oxygen atoms in total. The highest BCUT2D eigenvalue weighted by Crippen LogP contribution is 2.31. The molecule has 1 aromatic carbocycles. The molecule has 0 aromatic heterocycles. The van der Waals surface area contributed by atoms with Gasteiger partial charge >= 0.3 is 0 Å². The maximum Gasteiger partial charge on any atom is 0.150 e. The fraction of sp³-hybridized carbons (Fsp3) is 0.538. The summed E-state index contributed by atoms with van der Waals surface area (Å²) in [6.45, 7) is 1.31. The van der Waals surface area contributed by atoms with Crippen molar-refractivity contribution < 1.29 is 13.2 Å². The standard InChI is InChI=1S/C13H17NO3S/c14-13(11-3-4-18(15,16)8-11)9-1-2-10-6-17-7-12(10)5-9/h1-2,5,11,13H,3-4,6-8,14H2. The second-order valence-corrected chi connectivity index (χ2v) is 7.44. The second kappa shape index (κ2) is 4.33. The van der Waals surface area contributed by atoms with Crippen LogP contribution in [0.3, 0.4) is 0 Å². The number of fused-ring (bicyclic) bond motifs is 1. The highest BCUT2D eigenvalue weighted by Gasteiger charge is 2.32. The van der Waals surface area contributed by atoms with Gasteiger partial charge in [0.1, 0.15) is 0 Å². The quantitative estimate of drug-likeness (QED) is 0.872. The van der Waals surface area contributed by atoms with E-state index in [-0.39, 0.29) is 23.5 Å². The molecule has 2 aliphatic heterocycles. The Bertz CT molecular complexity index is 568. The number of ether oxygens (including phenoxy) is 1. The van der Waals surface area contributed by atoms with Crippen molar-refractivity contribution in [2.75, 3.05) is 11.5 Å². The second-order valence-electron chi connectivity index (χ2n) is 5.21. The van der Waals surface area contributed by atoms with Crippen molar-refractivity contribution in [2.24, 2.45) is 11.7 Å². The third kappa shape index (κ3) is 2.18. The highest BCUT2D eigenvalue weighted by atomic mass is 32.2. The molecule has 2 unspecified atom stereocenters. The molecule has 2 heterocycles. The zero-order valence-electron chi connectivity index (χ0n) is 10.1. The Balaban J connectivity index is 1.83. The molecule has 5 heteroatoms. The molecule has 1 aromatic rings. The zero-order chi connectivity index (χ0) is 12.8. The lowest BCUT2D eigenvalue weighted by atomic mass is 9.91. The van der Waals surface area contributed by atoms with E-state index in [2.05, 4.69) is 6.07 Å². The molecule has 18 heavy (non-hydrogen) atoms. The Kier molecular flexibility index (Phi) is 2.92. The van der Waals surface area contributed by atoms with E-state index >= 15 is 0 Å². The summed E-state index contributed by atoms with van der Waals surface area (Å²) >= 11 is 0. The van der Waals surface area contributed by atoms with E-state index in [1.807, 2.05) is 12.1 Å². The minimum absolute atomic E-state index is 0.0513. The van der Waals surface area contributed by atoms with Crippen molar-refractivity contribution in [3.8, 4) is 0 Å². The van der Waals surface area contributed by atoms with Crippen LogP contribution in [0.4, 0.5) is 0 Å². The minimum Gasteiger partial charge on any atom is -0.372 e. The normalized spacial score (nSPS) is 27.1. The summed E-state index contributed by atoms with van der Waals surface area (Å²) in [6.07, 6.45) is 0.678. The van der Waals surface area contributed by atoms with Gasteiger partial charge in [-0.05, 0) is 29.0 Å². The molecular formula is C13H17NO3S. The molecule has 0 radical (unpaired) electrons. The van der Waals surface area contributed by atoms with Gasteiger partial charge in [-0.2, -0.15) is 0 Å². The molecule has 0 amide bonds. The molecule has 2 aliphatic rings. The van der Waals surface area contributed by atoms with Gasteiger partial charge in [0.25, 0.3) is 0 Å². The van der Waals surface area contributed by atoms with Crippen molar-refractivity contribution in [2.45, 2.75) is 25.7 Å². The molecule has 1 saturated heterocycles. The van der Waals surface area contributed by atoms with Crippen molar-refractivity contribution in [1.82, 2.24) is 0 Å². The number of hydrogen-bond donors (Lipinski definition) is 1. The summed E-state index contributed by atoms with van der Waals surface area (Å²) in [5, 5.41) is 0. The van der Waals surface area contributed by atoms with E-state index in [4.69, 9.17) is 10.5 Å². The van der Waals surface area contributed by atoms with E-state index in [1.54, 1.807) is 0 Å². The molecule has 98 valence electrons. The van der Waals surface area contributed by atoms with Crippen molar-refractivity contribution in [3.05, 3.63) is 34.9 Å². The fourth-order valence-corrected chi connectivity index (χ4v) is 4.63. The fourth-order valence-electron chi connectivity index (χ4n) is 2.78. The lowest BCUT2D eigenvalue weighted by Crippen LogP contribution is -2.22.